The number of nitrogens with zero attached hydrogens (tertiary/aromatic N) is 1. The first-order chi connectivity index (χ1) is 6.00. The molecule has 1 fully saturated rings. The number of aliphatic hydroxyl groups excluding tert-OH is 1. The van der Waals surface area contributed by atoms with Gasteiger partial charge < -0.3 is 10.0 Å². The second-order valence-corrected chi connectivity index (χ2v) is 4.89. The Morgan fingerprint density at radius 3 is 2.38 bits per heavy atom. The third-order valence-corrected chi connectivity index (χ3v) is 4.21. The van der Waals surface area contributed by atoms with Gasteiger partial charge in [-0.25, -0.2) is 0 Å². The summed E-state index contributed by atoms with van der Waals surface area (Å²) in [5.41, 5.74) is 0. The summed E-state index contributed by atoms with van der Waals surface area (Å²) in [7, 11) is 0. The summed E-state index contributed by atoms with van der Waals surface area (Å²) in [4.78, 5) is 13.3. The molecule has 0 saturated carbocycles. The molecule has 13 heavy (non-hydrogen) atoms. The van der Waals surface area contributed by atoms with Gasteiger partial charge in [0, 0.05) is 18.4 Å². The predicted molar refractivity (Wildman–Crippen MR) is 59.6 cm³/mol. The lowest BCUT2D eigenvalue weighted by atomic mass is 10.0. The third-order valence-electron chi connectivity index (χ3n) is 2.88. The fourth-order valence-electron chi connectivity index (χ4n) is 1.73. The van der Waals surface area contributed by atoms with Crippen LogP contribution in [-0.4, -0.2) is 32.1 Å². The van der Waals surface area contributed by atoms with Gasteiger partial charge >= 0.3 is 0 Å². The average molecular weight is 297 g/mol. The SMILES string of the molecule is CCC(=O)N1[C@H](C)[C@@H](C)[C@@H](O)[C@@H]1I. The highest BCUT2D eigenvalue weighted by Gasteiger charge is 2.43. The number of hydrogen-bond donors (Lipinski definition) is 1. The largest absolute Gasteiger partial charge is 0.390 e. The fraction of sp³-hybridized carbons (Fsp3) is 0.889. The number of alkyl halides is 1. The van der Waals surface area contributed by atoms with Crippen molar-refractivity contribution >= 4 is 28.5 Å². The molecule has 0 aromatic rings. The maximum Gasteiger partial charge on any atom is 0.223 e. The monoisotopic (exact) mass is 297 g/mol. The van der Waals surface area contributed by atoms with E-state index in [1.54, 1.807) is 4.90 Å². The van der Waals surface area contributed by atoms with Gasteiger partial charge in [-0.05, 0) is 6.92 Å². The minimum Gasteiger partial charge on any atom is -0.390 e. The van der Waals surface area contributed by atoms with E-state index in [1.165, 1.54) is 0 Å². The molecule has 1 heterocycles. The summed E-state index contributed by atoms with van der Waals surface area (Å²) in [5, 5.41) is 9.75. The van der Waals surface area contributed by atoms with Crippen LogP contribution in [0.4, 0.5) is 0 Å². The lowest BCUT2D eigenvalue weighted by molar-refractivity contribution is -0.132. The topological polar surface area (TPSA) is 40.5 Å². The molecule has 0 aliphatic carbocycles. The van der Waals surface area contributed by atoms with Crippen molar-refractivity contribution in [2.24, 2.45) is 5.92 Å². The summed E-state index contributed by atoms with van der Waals surface area (Å²) >= 11 is 2.14. The molecule has 1 amide bonds. The van der Waals surface area contributed by atoms with Gasteiger partial charge in [0.2, 0.25) is 5.91 Å². The molecular weight excluding hydrogens is 281 g/mol. The Balaban J connectivity index is 2.81. The molecule has 0 bridgehead atoms. The second kappa shape index (κ2) is 4.13. The van der Waals surface area contributed by atoms with Gasteiger partial charge in [-0.1, -0.05) is 36.4 Å². The van der Waals surface area contributed by atoms with Crippen LogP contribution < -0.4 is 0 Å². The number of halogens is 1. The van der Waals surface area contributed by atoms with Gasteiger partial charge in [0.05, 0.1) is 6.10 Å². The van der Waals surface area contributed by atoms with E-state index in [0.717, 1.165) is 0 Å². The molecule has 0 aromatic heterocycles. The first-order valence-corrected chi connectivity index (χ1v) is 5.88. The predicted octanol–water partition coefficient (Wildman–Crippen LogP) is 1.39. The molecule has 1 N–H and O–H groups in total. The van der Waals surface area contributed by atoms with Crippen LogP contribution in [0, 0.1) is 5.92 Å². The van der Waals surface area contributed by atoms with Gasteiger partial charge in [0.1, 0.15) is 4.05 Å². The summed E-state index contributed by atoms with van der Waals surface area (Å²) in [6.45, 7) is 5.85. The van der Waals surface area contributed by atoms with E-state index < -0.39 is 0 Å². The molecule has 76 valence electrons. The van der Waals surface area contributed by atoms with Gasteiger partial charge in [-0.15, -0.1) is 0 Å². The Kier molecular flexibility index (Phi) is 3.57. The molecular formula is C9H16INO2. The van der Waals surface area contributed by atoms with Gasteiger partial charge in [-0.2, -0.15) is 0 Å². The van der Waals surface area contributed by atoms with Crippen molar-refractivity contribution in [1.29, 1.82) is 0 Å². The van der Waals surface area contributed by atoms with Crippen LogP contribution in [0.25, 0.3) is 0 Å². The smallest absolute Gasteiger partial charge is 0.223 e. The van der Waals surface area contributed by atoms with Crippen molar-refractivity contribution in [2.75, 3.05) is 0 Å². The number of carbonyl (C=O) groups excluding carboxylic acids is 1. The van der Waals surface area contributed by atoms with Crippen LogP contribution >= 0.6 is 22.6 Å². The molecule has 3 nitrogen and oxygen atoms in total. The Bertz CT molecular complexity index is 196. The van der Waals surface area contributed by atoms with Crippen LogP contribution in [0.15, 0.2) is 0 Å². The van der Waals surface area contributed by atoms with Crippen LogP contribution in [0.3, 0.4) is 0 Å². The molecule has 4 atom stereocenters. The maximum absolute atomic E-state index is 11.5. The Hall–Kier alpha value is 0.160. The van der Waals surface area contributed by atoms with E-state index in [9.17, 15) is 9.90 Å². The van der Waals surface area contributed by atoms with E-state index in [0.29, 0.717) is 6.42 Å². The minimum absolute atomic E-state index is 0.0601. The van der Waals surface area contributed by atoms with Gasteiger partial charge in [-0.3, -0.25) is 4.79 Å². The number of rotatable bonds is 1. The first-order valence-electron chi connectivity index (χ1n) is 4.64. The van der Waals surface area contributed by atoms with Crippen molar-refractivity contribution in [1.82, 2.24) is 4.90 Å². The van der Waals surface area contributed by atoms with E-state index in [-0.39, 0.29) is 28.0 Å². The molecule has 0 radical (unpaired) electrons. The van der Waals surface area contributed by atoms with Crippen molar-refractivity contribution < 1.29 is 9.90 Å². The van der Waals surface area contributed by atoms with Crippen molar-refractivity contribution in [3.8, 4) is 0 Å². The fourth-order valence-corrected chi connectivity index (χ4v) is 3.20. The molecule has 0 aromatic carbocycles. The molecule has 0 spiro atoms. The Morgan fingerprint density at radius 1 is 1.54 bits per heavy atom. The molecule has 0 unspecified atom stereocenters. The molecule has 1 saturated heterocycles. The van der Waals surface area contributed by atoms with Crippen LogP contribution in [-0.2, 0) is 4.79 Å². The highest BCUT2D eigenvalue weighted by Crippen LogP contribution is 2.33. The standard InChI is InChI=1S/C9H16INO2/c1-4-7(12)11-6(3)5(2)8(13)9(11)10/h5-6,8-9,13H,4H2,1-3H3/t5-,6-,8-,9-/m1/s1. The zero-order valence-corrected chi connectivity index (χ0v) is 10.4. The zero-order valence-electron chi connectivity index (χ0n) is 8.20. The van der Waals surface area contributed by atoms with Crippen molar-refractivity contribution in [2.45, 2.75) is 43.4 Å². The quantitative estimate of drug-likeness (QED) is 0.451. The third kappa shape index (κ3) is 1.83. The first kappa shape index (κ1) is 11.2. The average Bonchev–Trinajstić information content (AvgIpc) is 2.30. The molecule has 1 aliphatic rings. The number of aliphatic hydroxyl groups is 1. The number of carbonyl (C=O) groups is 1. The number of amides is 1. The second-order valence-electron chi connectivity index (χ2n) is 3.62. The Labute approximate surface area is 92.6 Å². The van der Waals surface area contributed by atoms with Gasteiger partial charge in [0.25, 0.3) is 0 Å². The summed E-state index contributed by atoms with van der Waals surface area (Å²) in [5.74, 6) is 0.313. The summed E-state index contributed by atoms with van der Waals surface area (Å²) in [6, 6.07) is 0.157. The van der Waals surface area contributed by atoms with E-state index in [2.05, 4.69) is 22.6 Å². The minimum atomic E-state index is -0.383. The lowest BCUT2D eigenvalue weighted by Gasteiger charge is -2.25. The van der Waals surface area contributed by atoms with Crippen LogP contribution in [0.5, 0.6) is 0 Å². The van der Waals surface area contributed by atoms with Crippen molar-refractivity contribution in [3.63, 3.8) is 0 Å². The highest BCUT2D eigenvalue weighted by atomic mass is 127. The number of hydrogen-bond acceptors (Lipinski definition) is 2. The molecule has 4 heteroatoms. The van der Waals surface area contributed by atoms with Crippen LogP contribution in [0.1, 0.15) is 27.2 Å². The Morgan fingerprint density at radius 2 is 2.08 bits per heavy atom. The number of likely N-dealkylation sites (tertiary alicyclic amines) is 1. The zero-order chi connectivity index (χ0) is 10.2. The summed E-state index contributed by atoms with van der Waals surface area (Å²) < 4.78 is -0.0601. The normalized spacial score (nSPS) is 39.6. The van der Waals surface area contributed by atoms with Gasteiger partial charge in [0.15, 0.2) is 0 Å². The van der Waals surface area contributed by atoms with E-state index in [1.807, 2.05) is 20.8 Å². The van der Waals surface area contributed by atoms with Crippen molar-refractivity contribution in [3.05, 3.63) is 0 Å². The summed E-state index contributed by atoms with van der Waals surface area (Å²) in [6.07, 6.45) is 0.134. The maximum atomic E-state index is 11.5. The highest BCUT2D eigenvalue weighted by molar-refractivity contribution is 14.1. The van der Waals surface area contributed by atoms with E-state index in [4.69, 9.17) is 0 Å². The lowest BCUT2D eigenvalue weighted by Crippen LogP contribution is -2.38. The molecule has 1 rings (SSSR count). The van der Waals surface area contributed by atoms with Crippen LogP contribution in [0.2, 0.25) is 0 Å². The molecule has 1 aliphatic heterocycles. The van der Waals surface area contributed by atoms with E-state index >= 15 is 0 Å².